The van der Waals surface area contributed by atoms with Crippen LogP contribution in [0.2, 0.25) is 34.9 Å². The van der Waals surface area contributed by atoms with Crippen LogP contribution >= 0.6 is 52.4 Å². The first-order valence-corrected chi connectivity index (χ1v) is 49.5. The van der Waals surface area contributed by atoms with Crippen LogP contribution in [-0.2, 0) is 84.6 Å². The Morgan fingerprint density at radius 3 is 1.03 bits per heavy atom. The molecule has 0 heterocycles. The van der Waals surface area contributed by atoms with Crippen LogP contribution in [0, 0.1) is 0 Å². The Hall–Kier alpha value is -5.71. The number of hydrogen-bond acceptors (Lipinski definition) is 26. The first kappa shape index (κ1) is 113. The Morgan fingerprint density at radius 1 is 0.421 bits per heavy atom. The molecular weight excluding hydrogens is 1910 g/mol. The molecule has 0 amide bonds. The summed E-state index contributed by atoms with van der Waals surface area (Å²) in [4.78, 5) is 89.4. The van der Waals surface area contributed by atoms with E-state index in [0.717, 1.165) is 6.92 Å². The highest BCUT2D eigenvalue weighted by Crippen LogP contribution is 2.52. The normalized spacial score (nSPS) is 30.9. The molecule has 5 N–H and O–H groups in total. The van der Waals surface area contributed by atoms with Gasteiger partial charge in [0.05, 0.1) is 118 Å². The number of hydrogen-bond donors (Lipinski definition) is 5. The maximum Gasteiger partial charge on any atom is 0.356 e. The van der Waals surface area contributed by atoms with Crippen molar-refractivity contribution in [2.75, 3.05) is 67.6 Å². The molecule has 0 bridgehead atoms. The number of carbonyl (C=O) groups is 6. The van der Waals surface area contributed by atoms with Gasteiger partial charge in [-0.3, -0.25) is 13.9 Å². The van der Waals surface area contributed by atoms with Crippen LogP contribution < -0.4 is 0 Å². The standard InChI is InChI=1S/C18H25BFO6P.C15H18BFO4.C15H19BO5.C14H15BO5.C13H14BFO3.C7H13BFO5P.C2H4.I2/c1-4-24-27(22,25-5-2)12-23-14-11-15(19)18(3,20)16(14)26-17(21)13-9-7-6-8-10-13;1-15(17)12(16)8-11(20-9-19-2)13(15)21-14(18)10-6-4-3-5-7-10;1-15(18)12(16)8-11(20-9-19-2)13(15)21-14(17)10-6-4-3-5-7-10;1-18-8-19-11-7-10(15)12(16)13(11)20-14(17)9-5-3-2-4-6-9;1-13(15)10(14)7-9(16)11(13)18-12(17)8-5-3-2-4-6-8;1-7(9)5(8)2-4(6(7)10)14-3-15(11,12)13;2*1-2/h6-10,14-16H,4-5,11-12H2,1-3H3;3-7,11-13H,8-9H2,1-2H3;3-7,11-13,18H,8-9H2,1-2H3;2-6,10-11,13H,7-8H2,1H3;2-6,9-11,16H,7H2,1H3;4-6,10H,2-3H2,1H3,(H2,11,12,13);1-2H2;. The minimum Gasteiger partial charge on any atom is -0.453 e. The van der Waals surface area contributed by atoms with E-state index in [0.29, 0.717) is 40.7 Å². The summed E-state index contributed by atoms with van der Waals surface area (Å²) in [6.45, 7) is 16.3. The topological polar surface area (TPSA) is 376 Å². The molecule has 23 unspecified atom stereocenters. The van der Waals surface area contributed by atoms with Crippen molar-refractivity contribution in [2.45, 2.75) is 223 Å². The van der Waals surface area contributed by atoms with E-state index >= 15 is 4.39 Å². The molecule has 5 aromatic rings. The monoisotopic (exact) mass is 2020 g/mol. The van der Waals surface area contributed by atoms with Gasteiger partial charge in [-0.05, 0) is 183 Å². The van der Waals surface area contributed by atoms with Crippen LogP contribution in [-0.4, -0.2) is 277 Å². The number of halogens is 6. The second-order valence-corrected chi connectivity index (χ2v) is 34.0. The lowest BCUT2D eigenvalue weighted by atomic mass is 9.76. The van der Waals surface area contributed by atoms with Gasteiger partial charge >= 0.3 is 45.0 Å². The molecule has 126 heavy (non-hydrogen) atoms. The van der Waals surface area contributed by atoms with E-state index in [1.807, 2.05) is 6.07 Å². The number of Topliss-reactive ketones (excluding diaryl/α,β-unsaturated/α-hetero) is 1. The molecule has 11 rings (SSSR count). The lowest BCUT2D eigenvalue weighted by molar-refractivity contribution is -0.137. The van der Waals surface area contributed by atoms with Crippen LogP contribution in [0.5, 0.6) is 0 Å². The van der Waals surface area contributed by atoms with E-state index in [2.05, 4.69) is 50.4 Å². The quantitative estimate of drug-likeness (QED) is 0.00434. The molecule has 28 nitrogen and oxygen atoms in total. The van der Waals surface area contributed by atoms with Gasteiger partial charge in [-0.25, -0.2) is 41.5 Å². The number of aliphatic hydroxyl groups excluding tert-OH is 2. The Balaban J connectivity index is 0.000000317. The summed E-state index contributed by atoms with van der Waals surface area (Å²) in [5.74, 6) is -7.91. The molecule has 682 valence electrons. The zero-order valence-electron chi connectivity index (χ0n) is 71.7. The van der Waals surface area contributed by atoms with Gasteiger partial charge < -0.3 is 95.7 Å². The smallest absolute Gasteiger partial charge is 0.356 e. The van der Waals surface area contributed by atoms with Crippen molar-refractivity contribution in [3.8, 4) is 0 Å². The fourth-order valence-corrected chi connectivity index (χ4v) is 15.4. The van der Waals surface area contributed by atoms with Crippen molar-refractivity contribution >= 4 is 135 Å². The third-order valence-corrected chi connectivity index (χ3v) is 23.3. The van der Waals surface area contributed by atoms with Gasteiger partial charge in [-0.15, -0.1) is 13.2 Å². The number of alkyl halides is 4. The summed E-state index contributed by atoms with van der Waals surface area (Å²) in [5, 5.41) is 29.6. The Bertz CT molecular complexity index is 4100. The van der Waals surface area contributed by atoms with Crippen molar-refractivity contribution in [3.05, 3.63) is 193 Å². The number of methoxy groups -OCH3 is 3. The minimum absolute atomic E-state index is 0.00709. The van der Waals surface area contributed by atoms with Crippen LogP contribution in [0.25, 0.3) is 0 Å². The van der Waals surface area contributed by atoms with E-state index in [4.69, 9.17) is 127 Å². The molecule has 5 aromatic carbocycles. The highest BCUT2D eigenvalue weighted by atomic mass is 128. The van der Waals surface area contributed by atoms with Crippen LogP contribution in [0.4, 0.5) is 17.6 Å². The first-order valence-electron chi connectivity index (χ1n) is 39.7. The van der Waals surface area contributed by atoms with Gasteiger partial charge in [0.2, 0.25) is 0 Å². The van der Waals surface area contributed by atoms with E-state index in [1.165, 1.54) is 42.1 Å². The summed E-state index contributed by atoms with van der Waals surface area (Å²) in [6.07, 6.45) is -11.4. The Morgan fingerprint density at radius 2 is 0.706 bits per heavy atom. The van der Waals surface area contributed by atoms with Gasteiger partial charge in [0.15, 0.2) is 36.3 Å². The van der Waals surface area contributed by atoms with Gasteiger partial charge in [0.25, 0.3) is 0 Å². The van der Waals surface area contributed by atoms with E-state index in [-0.39, 0.29) is 71.4 Å². The van der Waals surface area contributed by atoms with Gasteiger partial charge in [0.1, 0.15) is 74.1 Å². The number of ketones is 1. The zero-order valence-corrected chi connectivity index (χ0v) is 77.8. The first-order chi connectivity index (χ1) is 59.4. The van der Waals surface area contributed by atoms with Crippen molar-refractivity contribution in [2.24, 2.45) is 0 Å². The van der Waals surface area contributed by atoms with Crippen molar-refractivity contribution in [3.63, 3.8) is 0 Å². The molecule has 0 spiro atoms. The second-order valence-electron chi connectivity index (χ2n) is 30.4. The van der Waals surface area contributed by atoms with Crippen LogP contribution in [0.15, 0.2) is 165 Å². The molecule has 6 aliphatic carbocycles. The third-order valence-electron chi connectivity index (χ3n) is 21.1. The molecule has 12 radical (unpaired) electrons. The van der Waals surface area contributed by atoms with Crippen LogP contribution in [0.1, 0.15) is 139 Å². The van der Waals surface area contributed by atoms with E-state index < -0.39 is 188 Å². The fourth-order valence-electron chi connectivity index (χ4n) is 13.7. The number of esters is 5. The highest BCUT2D eigenvalue weighted by Gasteiger charge is 2.58. The summed E-state index contributed by atoms with van der Waals surface area (Å²) < 4.78 is 159. The fraction of sp³-hybridized carbons (Fsp3) is 0.548. The van der Waals surface area contributed by atoms with E-state index in [1.54, 1.807) is 166 Å². The number of carbonyl (C=O) groups excluding carboxylic acids is 6. The van der Waals surface area contributed by atoms with Crippen molar-refractivity contribution in [1.29, 1.82) is 0 Å². The van der Waals surface area contributed by atoms with Crippen molar-refractivity contribution in [1.82, 2.24) is 0 Å². The zero-order chi connectivity index (χ0) is 94.7. The molecule has 6 saturated carbocycles. The molecule has 0 aliphatic heterocycles. The van der Waals surface area contributed by atoms with Gasteiger partial charge in [-0.1, -0.05) is 91.0 Å². The average Bonchev–Trinajstić information content (AvgIpc) is 1.63. The summed E-state index contributed by atoms with van der Waals surface area (Å²) in [7, 11) is 30.9. The second kappa shape index (κ2) is 53.7. The SMILES string of the molecule is C=C.II.[B]C1CC(O)C(OC(=O)c2ccccc2)C1(C)F.[B]C1CC(OCOC)C(OC(=O)c2ccccc2)C1(C)F.[B]C1CC(OCOC)C(OC(=O)c2ccccc2)C1(C)O.[B]C1CC(OCOC)C(OC(=O)c2ccccc2)C1=O.[B]C1CC(OCP(=O)(O)O)C(O)C1(C)F.[B]C1CC(OCP(=O)(OCC)OCC)C(OC(=O)c2ccccc2)C1(C)F. The summed E-state index contributed by atoms with van der Waals surface area (Å²) in [5.41, 5.74) is -7.31. The lowest BCUT2D eigenvalue weighted by Crippen LogP contribution is -2.45. The predicted molar refractivity (Wildman–Crippen MR) is 481 cm³/mol. The maximum absolute atomic E-state index is 15.1. The molecular formula is C84H108B6F4I2O28P2. The predicted octanol–water partition coefficient (Wildman–Crippen LogP) is 12.8. The summed E-state index contributed by atoms with van der Waals surface area (Å²) >= 11 is 4.24. The molecule has 0 aromatic heterocycles. The molecule has 6 aliphatic rings. The molecule has 6 fully saturated rings. The molecule has 0 saturated heterocycles. The maximum atomic E-state index is 15.1. The van der Waals surface area contributed by atoms with Gasteiger partial charge in [-0.2, -0.15) is 0 Å². The largest absolute Gasteiger partial charge is 0.453 e. The average molecular weight is 2020 g/mol. The van der Waals surface area contributed by atoms with E-state index in [9.17, 15) is 66.4 Å². The number of rotatable bonds is 29. The Labute approximate surface area is 764 Å². The molecule has 42 heteroatoms. The van der Waals surface area contributed by atoms with Crippen LogP contribution in [0.3, 0.4) is 0 Å². The number of aliphatic hydroxyl groups is 3. The minimum atomic E-state index is -4.30. The molecule has 23 atom stereocenters. The summed E-state index contributed by atoms with van der Waals surface area (Å²) in [6, 6.07) is 42.0. The third kappa shape index (κ3) is 32.9. The highest BCUT2D eigenvalue weighted by molar-refractivity contribution is 15.0. The number of ether oxygens (including phenoxy) is 13. The van der Waals surface area contributed by atoms with Crippen molar-refractivity contribution < 1.29 is 151 Å². The Kier molecular flexibility index (Phi) is 48.0. The lowest BCUT2D eigenvalue weighted by Gasteiger charge is -2.31. The number of benzene rings is 5. The van der Waals surface area contributed by atoms with Gasteiger partial charge in [0, 0.05) is 58.6 Å².